The van der Waals surface area contributed by atoms with Crippen molar-refractivity contribution < 1.29 is 28.9 Å². The average molecular weight is 489 g/mol. The van der Waals surface area contributed by atoms with Gasteiger partial charge in [-0.15, -0.1) is 0 Å². The number of aliphatic imine (C=N–C) groups is 1. The van der Waals surface area contributed by atoms with Crippen LogP contribution < -0.4 is 5.32 Å². The van der Waals surface area contributed by atoms with Gasteiger partial charge in [-0.2, -0.15) is 0 Å². The summed E-state index contributed by atoms with van der Waals surface area (Å²) in [6.45, 7) is 10.9. The molecule has 0 bridgehead atoms. The summed E-state index contributed by atoms with van der Waals surface area (Å²) >= 11 is 0. The van der Waals surface area contributed by atoms with Crippen molar-refractivity contribution in [2.45, 2.75) is 96.0 Å². The summed E-state index contributed by atoms with van der Waals surface area (Å²) in [5, 5.41) is 13.8. The number of nitrogens with one attached hydrogen (secondary N) is 1. The normalized spacial score (nSPS) is 37.7. The maximum atomic E-state index is 12.2. The predicted octanol–water partition coefficient (Wildman–Crippen LogP) is 3.01. The summed E-state index contributed by atoms with van der Waals surface area (Å²) < 4.78 is 17.7. The van der Waals surface area contributed by atoms with Crippen LogP contribution in [-0.2, 0) is 23.8 Å². The Hall–Kier alpha value is -2.09. The molecule has 1 amide bonds. The lowest BCUT2D eigenvalue weighted by Crippen LogP contribution is -2.50. The smallest absolute Gasteiger partial charge is 0.243 e. The second-order valence-corrected chi connectivity index (χ2v) is 10.5. The van der Waals surface area contributed by atoms with Gasteiger partial charge in [0.2, 0.25) is 12.0 Å². The third-order valence-electron chi connectivity index (χ3n) is 7.05. The number of isocyanates is 1. The Morgan fingerprint density at radius 1 is 1.29 bits per heavy atom. The lowest BCUT2D eigenvalue weighted by atomic mass is 9.87. The van der Waals surface area contributed by atoms with E-state index in [-0.39, 0.29) is 36.8 Å². The second-order valence-electron chi connectivity index (χ2n) is 10.5. The van der Waals surface area contributed by atoms with Crippen LogP contribution in [0.15, 0.2) is 40.9 Å². The molecule has 8 nitrogen and oxygen atoms in total. The summed E-state index contributed by atoms with van der Waals surface area (Å²) in [5.41, 5.74) is 0.448. The van der Waals surface area contributed by atoms with E-state index < -0.39 is 17.8 Å². The van der Waals surface area contributed by atoms with Gasteiger partial charge in [-0.1, -0.05) is 50.6 Å². The van der Waals surface area contributed by atoms with Crippen LogP contribution in [0.5, 0.6) is 0 Å². The Morgan fingerprint density at radius 2 is 2.03 bits per heavy atom. The standard InChI is InChI=1S/C27H40N2O6/c1-17(2)6-11-25(31)29-22-12-19(4)23(34-20(22)5)9-7-18(3)8-10-24-26(32)27(15-33-27)13-21(35-24)14-28-16-30/h6-8,10-11,17,19-24,26,32H,9,12-15H2,1-5H3,(H,29,31)/b10-8+,11-6-,18-7+/t19-,20+,21-,22+,23-,24+,26+,27+/m0/s1. The molecule has 0 saturated carbocycles. The quantitative estimate of drug-likeness (QED) is 0.170. The monoisotopic (exact) mass is 488 g/mol. The van der Waals surface area contributed by atoms with Gasteiger partial charge < -0.3 is 24.6 Å². The average Bonchev–Trinajstić information content (AvgIpc) is 3.58. The zero-order chi connectivity index (χ0) is 25.6. The van der Waals surface area contributed by atoms with Gasteiger partial charge in [0.15, 0.2) is 0 Å². The predicted molar refractivity (Wildman–Crippen MR) is 132 cm³/mol. The zero-order valence-electron chi connectivity index (χ0n) is 21.5. The first-order chi connectivity index (χ1) is 16.6. The lowest BCUT2D eigenvalue weighted by molar-refractivity contribution is -0.129. The van der Waals surface area contributed by atoms with Gasteiger partial charge >= 0.3 is 0 Å². The van der Waals surface area contributed by atoms with Crippen molar-refractivity contribution in [3.05, 3.63) is 36.0 Å². The van der Waals surface area contributed by atoms with Gasteiger partial charge in [-0.25, -0.2) is 9.79 Å². The van der Waals surface area contributed by atoms with Crippen molar-refractivity contribution in [1.82, 2.24) is 5.32 Å². The summed E-state index contributed by atoms with van der Waals surface area (Å²) in [4.78, 5) is 26.3. The van der Waals surface area contributed by atoms with E-state index in [4.69, 9.17) is 14.2 Å². The fourth-order valence-electron chi connectivity index (χ4n) is 4.77. The highest BCUT2D eigenvalue weighted by atomic mass is 16.6. The molecule has 0 aromatic rings. The molecule has 3 rings (SSSR count). The number of allylic oxidation sites excluding steroid dienone is 3. The number of carbonyl (C=O) groups excluding carboxylic acids is 2. The summed E-state index contributed by atoms with van der Waals surface area (Å²) in [5.74, 6) is 0.562. The Morgan fingerprint density at radius 3 is 2.69 bits per heavy atom. The summed E-state index contributed by atoms with van der Waals surface area (Å²) in [7, 11) is 0. The first kappa shape index (κ1) is 27.5. The number of hydrogen-bond acceptors (Lipinski definition) is 7. The van der Waals surface area contributed by atoms with Crippen LogP contribution in [0.1, 0.15) is 53.9 Å². The van der Waals surface area contributed by atoms with Crippen molar-refractivity contribution in [2.24, 2.45) is 16.8 Å². The zero-order valence-corrected chi connectivity index (χ0v) is 21.5. The molecule has 0 aromatic carbocycles. The number of aliphatic hydroxyl groups excluding tert-OH is 1. The van der Waals surface area contributed by atoms with Crippen LogP contribution >= 0.6 is 0 Å². The molecule has 3 fully saturated rings. The minimum absolute atomic E-state index is 0.00562. The van der Waals surface area contributed by atoms with Gasteiger partial charge in [-0.3, -0.25) is 4.79 Å². The fraction of sp³-hybridized carbons (Fsp3) is 0.704. The van der Waals surface area contributed by atoms with Crippen molar-refractivity contribution in [1.29, 1.82) is 0 Å². The van der Waals surface area contributed by atoms with E-state index >= 15 is 0 Å². The number of ether oxygens (including phenoxy) is 3. The molecule has 3 heterocycles. The van der Waals surface area contributed by atoms with Gasteiger partial charge in [0.1, 0.15) is 17.8 Å². The fourth-order valence-corrected chi connectivity index (χ4v) is 4.77. The topological polar surface area (TPSA) is 110 Å². The molecule has 3 aliphatic heterocycles. The van der Waals surface area contributed by atoms with E-state index in [2.05, 4.69) is 23.3 Å². The van der Waals surface area contributed by atoms with Gasteiger partial charge in [0.05, 0.1) is 37.5 Å². The Bertz CT molecular complexity index is 871. The molecule has 3 aliphatic rings. The number of aliphatic hydroxyl groups is 1. The van der Waals surface area contributed by atoms with E-state index in [9.17, 15) is 14.7 Å². The molecule has 0 unspecified atom stereocenters. The largest absolute Gasteiger partial charge is 0.387 e. The number of carbonyl (C=O) groups is 1. The molecule has 0 aliphatic carbocycles. The third kappa shape index (κ3) is 7.69. The number of amides is 1. The third-order valence-corrected chi connectivity index (χ3v) is 7.05. The van der Waals surface area contributed by atoms with E-state index in [1.807, 2.05) is 45.9 Å². The molecule has 0 aromatic heterocycles. The van der Waals surface area contributed by atoms with Crippen molar-refractivity contribution in [3.63, 3.8) is 0 Å². The molecule has 8 atom stereocenters. The lowest BCUT2D eigenvalue weighted by Gasteiger charge is -2.39. The molecule has 35 heavy (non-hydrogen) atoms. The molecule has 8 heteroatoms. The maximum Gasteiger partial charge on any atom is 0.243 e. The van der Waals surface area contributed by atoms with Crippen molar-refractivity contribution >= 4 is 12.0 Å². The van der Waals surface area contributed by atoms with Crippen molar-refractivity contribution in [2.75, 3.05) is 13.2 Å². The van der Waals surface area contributed by atoms with Gasteiger partial charge in [0.25, 0.3) is 0 Å². The van der Waals surface area contributed by atoms with Crippen LogP contribution in [0.2, 0.25) is 0 Å². The highest BCUT2D eigenvalue weighted by Crippen LogP contribution is 2.42. The molecular weight excluding hydrogens is 448 g/mol. The van der Waals surface area contributed by atoms with Gasteiger partial charge in [-0.05, 0) is 44.6 Å². The van der Waals surface area contributed by atoms with Crippen LogP contribution in [0, 0.1) is 11.8 Å². The first-order valence-electron chi connectivity index (χ1n) is 12.6. The number of rotatable bonds is 9. The summed E-state index contributed by atoms with van der Waals surface area (Å²) in [6, 6.07) is -0.00562. The van der Waals surface area contributed by atoms with Crippen molar-refractivity contribution in [3.8, 4) is 0 Å². The van der Waals surface area contributed by atoms with Crippen LogP contribution in [0.25, 0.3) is 0 Å². The Balaban J connectivity index is 1.52. The summed E-state index contributed by atoms with van der Waals surface area (Å²) in [6.07, 6.45) is 11.5. The van der Waals surface area contributed by atoms with Crippen LogP contribution in [0.4, 0.5) is 0 Å². The molecule has 194 valence electrons. The van der Waals surface area contributed by atoms with E-state index in [1.165, 1.54) is 0 Å². The molecule has 1 spiro atoms. The Labute approximate surface area is 208 Å². The minimum Gasteiger partial charge on any atom is -0.387 e. The van der Waals surface area contributed by atoms with Crippen LogP contribution in [-0.4, -0.2) is 72.4 Å². The first-order valence-corrected chi connectivity index (χ1v) is 12.6. The minimum atomic E-state index is -0.756. The second kappa shape index (κ2) is 12.2. The Kier molecular flexibility index (Phi) is 9.62. The van der Waals surface area contributed by atoms with Crippen LogP contribution in [0.3, 0.4) is 0 Å². The molecule has 2 N–H and O–H groups in total. The van der Waals surface area contributed by atoms with E-state index in [1.54, 1.807) is 12.2 Å². The number of epoxide rings is 1. The maximum absolute atomic E-state index is 12.2. The highest BCUT2D eigenvalue weighted by Gasteiger charge is 2.58. The van der Waals surface area contributed by atoms with Gasteiger partial charge in [0, 0.05) is 6.42 Å². The highest BCUT2D eigenvalue weighted by molar-refractivity contribution is 5.87. The molecular formula is C27H40N2O6. The molecule has 0 radical (unpaired) electrons. The number of hydrogen-bond donors (Lipinski definition) is 2. The van der Waals surface area contributed by atoms with E-state index in [0.717, 1.165) is 18.4 Å². The number of nitrogens with zero attached hydrogens (tertiary/aromatic N) is 1. The SMILES string of the molecule is CC(/C=C/[C@H]1O[C@H](CN=C=O)C[C@@]2(CO2)[C@@H]1O)=C\C[C@@H]1O[C@H](C)[C@H](NC(=O)/C=C\C(C)C)C[C@@H]1C. The van der Waals surface area contributed by atoms with E-state index in [0.29, 0.717) is 24.9 Å². The molecule has 3 saturated heterocycles.